The Morgan fingerprint density at radius 2 is 2.00 bits per heavy atom. The predicted octanol–water partition coefficient (Wildman–Crippen LogP) is 3.30. The Morgan fingerprint density at radius 1 is 1.25 bits per heavy atom. The van der Waals surface area contributed by atoms with Gasteiger partial charge in [-0.15, -0.1) is 17.5 Å². The number of carbonyl (C=O) groups is 1. The first-order valence-electron chi connectivity index (χ1n) is 9.75. The summed E-state index contributed by atoms with van der Waals surface area (Å²) in [6.07, 6.45) is 2.88. The van der Waals surface area contributed by atoms with Crippen molar-refractivity contribution in [3.05, 3.63) is 47.0 Å². The van der Waals surface area contributed by atoms with Crippen LogP contribution in [0.15, 0.2) is 24.3 Å². The topological polar surface area (TPSA) is 63.1 Å². The van der Waals surface area contributed by atoms with Gasteiger partial charge < -0.3 is 10.2 Å². The van der Waals surface area contributed by atoms with Crippen LogP contribution in [-0.4, -0.2) is 45.4 Å². The number of nitrogens with zero attached hydrogens (tertiary/aromatic N) is 4. The lowest BCUT2D eigenvalue weighted by Gasteiger charge is -2.27. The monoisotopic (exact) mass is 407 g/mol. The smallest absolute Gasteiger partial charge is 0.276 e. The second kappa shape index (κ2) is 8.57. The second-order valence-electron chi connectivity index (χ2n) is 7.71. The summed E-state index contributed by atoms with van der Waals surface area (Å²) < 4.78 is 15.6. The van der Waals surface area contributed by atoms with E-state index in [1.165, 1.54) is 12.1 Å². The van der Waals surface area contributed by atoms with Crippen molar-refractivity contribution in [2.24, 2.45) is 5.92 Å². The van der Waals surface area contributed by atoms with Gasteiger partial charge in [0, 0.05) is 6.54 Å². The van der Waals surface area contributed by atoms with Crippen LogP contribution in [0.4, 0.5) is 4.39 Å². The molecule has 2 aliphatic rings. The van der Waals surface area contributed by atoms with E-state index in [0.29, 0.717) is 12.2 Å². The minimum Gasteiger partial charge on any atom is -0.330 e. The molecule has 2 fully saturated rings. The molecule has 0 aliphatic carbocycles. The molecule has 2 saturated heterocycles. The maximum absolute atomic E-state index is 13.7. The first-order valence-corrected chi connectivity index (χ1v) is 9.75. The Labute approximate surface area is 170 Å². The van der Waals surface area contributed by atoms with Crippen LogP contribution >= 0.6 is 12.4 Å². The van der Waals surface area contributed by atoms with Crippen LogP contribution in [0.25, 0.3) is 0 Å². The van der Waals surface area contributed by atoms with Crippen molar-refractivity contribution < 1.29 is 9.18 Å². The van der Waals surface area contributed by atoms with Crippen LogP contribution in [0, 0.1) is 18.7 Å². The van der Waals surface area contributed by atoms with Gasteiger partial charge in [0.25, 0.3) is 5.91 Å². The molecule has 6 nitrogen and oxygen atoms in total. The minimum absolute atomic E-state index is 0. The maximum Gasteiger partial charge on any atom is 0.276 e. The molecule has 2 atom stereocenters. The number of piperidine rings is 1. The molecular formula is C20H27ClFN5O. The summed E-state index contributed by atoms with van der Waals surface area (Å²) in [6.45, 7) is 6.60. The van der Waals surface area contributed by atoms with E-state index in [9.17, 15) is 9.18 Å². The van der Waals surface area contributed by atoms with Gasteiger partial charge in [0.1, 0.15) is 5.82 Å². The first-order chi connectivity index (χ1) is 13.1. The highest BCUT2D eigenvalue weighted by Crippen LogP contribution is 2.38. The van der Waals surface area contributed by atoms with Gasteiger partial charge in [-0.05, 0) is 62.9 Å². The Bertz CT molecular complexity index is 836. The van der Waals surface area contributed by atoms with Gasteiger partial charge in [-0.25, -0.2) is 9.07 Å². The molecule has 1 N–H and O–H groups in total. The van der Waals surface area contributed by atoms with Gasteiger partial charge in [0.2, 0.25) is 0 Å². The third-order valence-corrected chi connectivity index (χ3v) is 5.94. The molecule has 0 radical (unpaired) electrons. The van der Waals surface area contributed by atoms with Crippen molar-refractivity contribution in [3.63, 3.8) is 0 Å². The number of carbonyl (C=O) groups excluding carboxylic acids is 1. The lowest BCUT2D eigenvalue weighted by atomic mass is 9.95. The Hall–Kier alpha value is -1.99. The molecule has 8 heteroatoms. The van der Waals surface area contributed by atoms with E-state index in [1.807, 2.05) is 22.6 Å². The molecule has 3 heterocycles. The highest BCUT2D eigenvalue weighted by molar-refractivity contribution is 5.93. The SMILES string of the molecule is Cc1c(C(=O)N2CCC(C)C2c2cccc(F)c2)nnn1C1CCNCC1.Cl. The number of rotatable bonds is 3. The van der Waals surface area contributed by atoms with Crippen LogP contribution in [0.3, 0.4) is 0 Å². The van der Waals surface area contributed by atoms with Crippen molar-refractivity contribution >= 4 is 18.3 Å². The zero-order valence-corrected chi connectivity index (χ0v) is 17.1. The van der Waals surface area contributed by atoms with E-state index in [0.717, 1.165) is 43.6 Å². The molecule has 1 aromatic carbocycles. The summed E-state index contributed by atoms with van der Waals surface area (Å²) in [5.74, 6) is -0.103. The maximum atomic E-state index is 13.7. The molecule has 152 valence electrons. The van der Waals surface area contributed by atoms with Crippen molar-refractivity contribution in [1.29, 1.82) is 0 Å². The number of hydrogen-bond donors (Lipinski definition) is 1. The third kappa shape index (κ3) is 3.78. The van der Waals surface area contributed by atoms with Gasteiger partial charge in [-0.3, -0.25) is 4.79 Å². The molecular weight excluding hydrogens is 381 g/mol. The highest BCUT2D eigenvalue weighted by Gasteiger charge is 2.38. The highest BCUT2D eigenvalue weighted by atomic mass is 35.5. The Kier molecular flexibility index (Phi) is 6.35. The van der Waals surface area contributed by atoms with Crippen molar-refractivity contribution in [2.75, 3.05) is 19.6 Å². The van der Waals surface area contributed by atoms with Gasteiger partial charge in [0.15, 0.2) is 5.69 Å². The number of likely N-dealkylation sites (tertiary alicyclic amines) is 1. The largest absolute Gasteiger partial charge is 0.330 e. The van der Waals surface area contributed by atoms with Crippen molar-refractivity contribution in [3.8, 4) is 0 Å². The molecule has 2 aromatic rings. The summed E-state index contributed by atoms with van der Waals surface area (Å²) in [6, 6.07) is 6.73. The van der Waals surface area contributed by atoms with Gasteiger partial charge in [0.05, 0.1) is 17.8 Å². The minimum atomic E-state index is -0.271. The average molecular weight is 408 g/mol. The first kappa shape index (κ1) is 20.7. The summed E-state index contributed by atoms with van der Waals surface area (Å²) in [5, 5.41) is 11.9. The summed E-state index contributed by atoms with van der Waals surface area (Å²) >= 11 is 0. The van der Waals surface area contributed by atoms with Crippen LogP contribution in [0.1, 0.15) is 60.0 Å². The second-order valence-corrected chi connectivity index (χ2v) is 7.71. The number of benzene rings is 1. The van der Waals surface area contributed by atoms with E-state index in [1.54, 1.807) is 6.07 Å². The fraction of sp³-hybridized carbons (Fsp3) is 0.550. The molecule has 2 aliphatic heterocycles. The summed E-state index contributed by atoms with van der Waals surface area (Å²) in [7, 11) is 0. The lowest BCUT2D eigenvalue weighted by molar-refractivity contribution is 0.0713. The molecule has 1 aromatic heterocycles. The number of amides is 1. The van der Waals surface area contributed by atoms with Gasteiger partial charge >= 0.3 is 0 Å². The number of nitrogens with one attached hydrogen (secondary N) is 1. The van der Waals surface area contributed by atoms with Crippen LogP contribution in [0.5, 0.6) is 0 Å². The fourth-order valence-electron chi connectivity index (χ4n) is 4.45. The van der Waals surface area contributed by atoms with E-state index >= 15 is 0 Å². The predicted molar refractivity (Wildman–Crippen MR) is 107 cm³/mol. The van der Waals surface area contributed by atoms with Crippen LogP contribution in [0.2, 0.25) is 0 Å². The average Bonchev–Trinajstić information content (AvgIpc) is 3.25. The molecule has 1 amide bonds. The molecule has 0 bridgehead atoms. The van der Waals surface area contributed by atoms with Crippen molar-refractivity contribution in [2.45, 2.75) is 45.2 Å². The quantitative estimate of drug-likeness (QED) is 0.847. The molecule has 0 spiro atoms. The molecule has 2 unspecified atom stereocenters. The zero-order chi connectivity index (χ0) is 19.0. The Morgan fingerprint density at radius 3 is 2.71 bits per heavy atom. The molecule has 4 rings (SSSR count). The van der Waals surface area contributed by atoms with Crippen molar-refractivity contribution in [1.82, 2.24) is 25.2 Å². The summed E-state index contributed by atoms with van der Waals surface area (Å²) in [4.78, 5) is 15.1. The van der Waals surface area contributed by atoms with Gasteiger partial charge in [-0.2, -0.15) is 0 Å². The fourth-order valence-corrected chi connectivity index (χ4v) is 4.45. The standard InChI is InChI=1S/C20H26FN5O.ClH/c1-13-8-11-25(19(13)15-4-3-5-16(21)12-15)20(27)18-14(2)26(24-23-18)17-6-9-22-10-7-17;/h3-5,12-13,17,19,22H,6-11H2,1-2H3;1H. The van der Waals surface area contributed by atoms with Crippen LogP contribution in [-0.2, 0) is 0 Å². The van der Waals surface area contributed by atoms with E-state index in [-0.39, 0.29) is 42.1 Å². The zero-order valence-electron chi connectivity index (χ0n) is 16.3. The third-order valence-electron chi connectivity index (χ3n) is 5.94. The lowest BCUT2D eigenvalue weighted by Crippen LogP contribution is -2.33. The van der Waals surface area contributed by atoms with E-state index < -0.39 is 0 Å². The van der Waals surface area contributed by atoms with E-state index in [2.05, 4.69) is 22.6 Å². The number of halogens is 2. The number of aromatic nitrogens is 3. The number of hydrogen-bond acceptors (Lipinski definition) is 4. The van der Waals surface area contributed by atoms with Crippen LogP contribution < -0.4 is 5.32 Å². The molecule has 28 heavy (non-hydrogen) atoms. The van der Waals surface area contributed by atoms with Gasteiger partial charge in [-0.1, -0.05) is 24.3 Å². The Balaban J connectivity index is 0.00000225. The molecule has 0 saturated carbocycles. The summed E-state index contributed by atoms with van der Waals surface area (Å²) in [5.41, 5.74) is 2.09. The normalized spacial score (nSPS) is 22.9. The van der Waals surface area contributed by atoms with E-state index in [4.69, 9.17) is 0 Å².